The van der Waals surface area contributed by atoms with Crippen LogP contribution in [0.4, 0.5) is 0 Å². The van der Waals surface area contributed by atoms with Crippen LogP contribution in [-0.4, -0.2) is 41.6 Å². The van der Waals surface area contributed by atoms with Crippen molar-refractivity contribution in [3.63, 3.8) is 0 Å². The van der Waals surface area contributed by atoms with Crippen molar-refractivity contribution in [2.24, 2.45) is 5.41 Å². The van der Waals surface area contributed by atoms with Gasteiger partial charge < -0.3 is 10.0 Å². The second-order valence-corrected chi connectivity index (χ2v) is 9.02. The van der Waals surface area contributed by atoms with E-state index in [0.717, 1.165) is 42.6 Å². The highest BCUT2D eigenvalue weighted by molar-refractivity contribution is 6.31. The lowest BCUT2D eigenvalue weighted by atomic mass is 9.85. The van der Waals surface area contributed by atoms with Gasteiger partial charge in [-0.05, 0) is 56.0 Å². The van der Waals surface area contributed by atoms with Crippen LogP contribution < -0.4 is 4.89 Å². The highest BCUT2D eigenvalue weighted by Gasteiger charge is 2.32. The molecule has 1 fully saturated rings. The zero-order chi connectivity index (χ0) is 22.2. The Kier molecular flexibility index (Phi) is 5.77. The molecule has 0 aromatic heterocycles. The van der Waals surface area contributed by atoms with E-state index < -0.39 is 17.4 Å². The fraction of sp³-hybridized carbons (Fsp3) is 0.333. The molecule has 2 aromatic carbocycles. The molecule has 4 rings (SSSR count). The number of carbonyl (C=O) groups is 2. The Balaban J connectivity index is 1.75. The van der Waals surface area contributed by atoms with Crippen molar-refractivity contribution < 1.29 is 24.5 Å². The molecule has 2 aliphatic heterocycles. The molecular formula is C24H24ClNO5. The van der Waals surface area contributed by atoms with Gasteiger partial charge in [0, 0.05) is 30.2 Å². The number of fused-ring (bicyclic) bond motifs is 2. The lowest BCUT2D eigenvalue weighted by Crippen LogP contribution is -2.42. The van der Waals surface area contributed by atoms with Crippen molar-refractivity contribution >= 4 is 29.1 Å². The van der Waals surface area contributed by atoms with Gasteiger partial charge in [0.15, 0.2) is 5.75 Å². The molecule has 0 saturated carbocycles. The van der Waals surface area contributed by atoms with Crippen LogP contribution in [0.5, 0.6) is 5.75 Å². The van der Waals surface area contributed by atoms with Gasteiger partial charge in [0.1, 0.15) is 0 Å². The van der Waals surface area contributed by atoms with Gasteiger partial charge in [0.2, 0.25) is 0 Å². The fourth-order valence-corrected chi connectivity index (χ4v) is 4.33. The van der Waals surface area contributed by atoms with Gasteiger partial charge in [-0.1, -0.05) is 41.4 Å². The number of halogens is 1. The molecule has 0 radical (unpaired) electrons. The normalized spacial score (nSPS) is 17.1. The highest BCUT2D eigenvalue weighted by Crippen LogP contribution is 2.40. The van der Waals surface area contributed by atoms with E-state index >= 15 is 0 Å². The summed E-state index contributed by atoms with van der Waals surface area (Å²) >= 11 is 6.16. The molecule has 0 atom stereocenters. The SMILES string of the molecule is CC(C)(CN1CCC(=C2c3ccccc3OOC(=O)c3cc(Cl)ccc32)CC1)C(=O)O. The maximum Gasteiger partial charge on any atom is 0.386 e. The summed E-state index contributed by atoms with van der Waals surface area (Å²) in [5, 5.41) is 9.89. The van der Waals surface area contributed by atoms with E-state index in [1.165, 1.54) is 5.57 Å². The summed E-state index contributed by atoms with van der Waals surface area (Å²) in [4.78, 5) is 36.7. The monoisotopic (exact) mass is 441 g/mol. The first-order valence-corrected chi connectivity index (χ1v) is 10.6. The van der Waals surface area contributed by atoms with E-state index in [4.69, 9.17) is 21.4 Å². The lowest BCUT2D eigenvalue weighted by molar-refractivity contribution is -0.150. The third-order valence-corrected chi connectivity index (χ3v) is 6.08. The summed E-state index contributed by atoms with van der Waals surface area (Å²) in [5.41, 5.74) is 3.32. The molecule has 0 spiro atoms. The molecule has 31 heavy (non-hydrogen) atoms. The second-order valence-electron chi connectivity index (χ2n) is 8.58. The third-order valence-electron chi connectivity index (χ3n) is 5.85. The highest BCUT2D eigenvalue weighted by atomic mass is 35.5. The fourth-order valence-electron chi connectivity index (χ4n) is 4.16. The van der Waals surface area contributed by atoms with E-state index in [1.54, 1.807) is 32.0 Å². The van der Waals surface area contributed by atoms with Crippen LogP contribution in [0.1, 0.15) is 48.2 Å². The number of benzene rings is 2. The number of likely N-dealkylation sites (tertiary alicyclic amines) is 1. The number of rotatable bonds is 3. The van der Waals surface area contributed by atoms with E-state index in [1.807, 2.05) is 24.3 Å². The standard InChI is InChI=1S/C24H24ClNO5/c1-24(2,23(28)29)14-26-11-9-15(10-12-26)21-17-8-7-16(25)13-19(17)22(27)31-30-20-6-4-3-5-18(20)21/h3-8,13H,9-12,14H2,1-2H3,(H,28,29). The first-order chi connectivity index (χ1) is 14.8. The van der Waals surface area contributed by atoms with Crippen LogP contribution in [0.2, 0.25) is 5.02 Å². The summed E-state index contributed by atoms with van der Waals surface area (Å²) in [6.45, 7) is 5.47. The van der Waals surface area contributed by atoms with E-state index in [-0.39, 0.29) is 0 Å². The largest absolute Gasteiger partial charge is 0.481 e. The second kappa shape index (κ2) is 8.36. The average molecular weight is 442 g/mol. The summed E-state index contributed by atoms with van der Waals surface area (Å²) in [6, 6.07) is 12.7. The smallest absolute Gasteiger partial charge is 0.386 e. The average Bonchev–Trinajstić information content (AvgIpc) is 2.74. The quantitative estimate of drug-likeness (QED) is 0.688. The minimum Gasteiger partial charge on any atom is -0.481 e. The molecule has 0 amide bonds. The van der Waals surface area contributed by atoms with Gasteiger partial charge in [-0.3, -0.25) is 9.68 Å². The number of carboxylic acid groups (broad SMARTS) is 1. The molecule has 7 heteroatoms. The molecule has 0 aliphatic carbocycles. The van der Waals surface area contributed by atoms with Gasteiger partial charge in [-0.25, -0.2) is 9.68 Å². The van der Waals surface area contributed by atoms with Gasteiger partial charge in [-0.15, -0.1) is 0 Å². The molecule has 6 nitrogen and oxygen atoms in total. The molecular weight excluding hydrogens is 418 g/mol. The summed E-state index contributed by atoms with van der Waals surface area (Å²) in [7, 11) is 0. The zero-order valence-corrected chi connectivity index (χ0v) is 18.2. The van der Waals surface area contributed by atoms with Crippen molar-refractivity contribution in [2.45, 2.75) is 26.7 Å². The Morgan fingerprint density at radius 1 is 1.06 bits per heavy atom. The Bertz CT molecular complexity index is 1070. The van der Waals surface area contributed by atoms with Crippen molar-refractivity contribution in [1.29, 1.82) is 0 Å². The zero-order valence-electron chi connectivity index (χ0n) is 17.5. The molecule has 2 aliphatic rings. The molecule has 2 aromatic rings. The van der Waals surface area contributed by atoms with Crippen LogP contribution in [0.3, 0.4) is 0 Å². The number of para-hydroxylation sites is 1. The lowest BCUT2D eigenvalue weighted by Gasteiger charge is -2.34. The molecule has 1 N–H and O–H groups in total. The van der Waals surface area contributed by atoms with E-state index in [9.17, 15) is 14.7 Å². The van der Waals surface area contributed by atoms with E-state index in [0.29, 0.717) is 22.9 Å². The number of hydrogen-bond acceptors (Lipinski definition) is 5. The summed E-state index contributed by atoms with van der Waals surface area (Å²) < 4.78 is 0. The van der Waals surface area contributed by atoms with Crippen LogP contribution in [0.15, 0.2) is 48.0 Å². The summed E-state index contributed by atoms with van der Waals surface area (Å²) in [6.07, 6.45) is 1.52. The maximum atomic E-state index is 12.6. The molecule has 1 saturated heterocycles. The first-order valence-electron chi connectivity index (χ1n) is 10.2. The van der Waals surface area contributed by atoms with Crippen molar-refractivity contribution in [3.8, 4) is 5.75 Å². The topological polar surface area (TPSA) is 76.1 Å². The van der Waals surface area contributed by atoms with Crippen LogP contribution in [0, 0.1) is 5.41 Å². The minimum absolute atomic E-state index is 0.360. The van der Waals surface area contributed by atoms with Crippen molar-refractivity contribution in [3.05, 3.63) is 69.8 Å². The molecule has 162 valence electrons. The Labute approximate surface area is 186 Å². The first kappa shape index (κ1) is 21.4. The number of carbonyl (C=O) groups excluding carboxylic acids is 1. The number of nitrogens with zero attached hydrogens (tertiary/aromatic N) is 1. The van der Waals surface area contributed by atoms with Crippen LogP contribution >= 0.6 is 11.6 Å². The van der Waals surface area contributed by atoms with Gasteiger partial charge in [0.25, 0.3) is 0 Å². The Hall–Kier alpha value is -2.83. The summed E-state index contributed by atoms with van der Waals surface area (Å²) in [5.74, 6) is -0.911. The van der Waals surface area contributed by atoms with Crippen LogP contribution in [-0.2, 0) is 9.68 Å². The number of piperidine rings is 1. The van der Waals surface area contributed by atoms with Crippen molar-refractivity contribution in [2.75, 3.05) is 19.6 Å². The molecule has 2 heterocycles. The Morgan fingerprint density at radius 3 is 2.48 bits per heavy atom. The predicted octanol–water partition coefficient (Wildman–Crippen LogP) is 4.81. The molecule has 0 unspecified atom stereocenters. The number of hydrogen-bond donors (Lipinski definition) is 1. The van der Waals surface area contributed by atoms with Gasteiger partial charge in [-0.2, -0.15) is 0 Å². The third kappa shape index (κ3) is 4.31. The van der Waals surface area contributed by atoms with Gasteiger partial charge >= 0.3 is 11.9 Å². The van der Waals surface area contributed by atoms with Crippen molar-refractivity contribution in [1.82, 2.24) is 4.90 Å². The van der Waals surface area contributed by atoms with Gasteiger partial charge in [0.05, 0.1) is 11.0 Å². The van der Waals surface area contributed by atoms with E-state index in [2.05, 4.69) is 4.90 Å². The number of carboxylic acids is 1. The minimum atomic E-state index is -0.807. The predicted molar refractivity (Wildman–Crippen MR) is 117 cm³/mol. The number of aliphatic carboxylic acids is 1. The molecule has 0 bridgehead atoms. The Morgan fingerprint density at radius 2 is 1.77 bits per heavy atom. The maximum absolute atomic E-state index is 12.6. The van der Waals surface area contributed by atoms with Crippen LogP contribution in [0.25, 0.3) is 5.57 Å².